The summed E-state index contributed by atoms with van der Waals surface area (Å²) < 4.78 is 41.1. The molecule has 0 aliphatic carbocycles. The van der Waals surface area contributed by atoms with Crippen LogP contribution in [-0.4, -0.2) is 0 Å². The van der Waals surface area contributed by atoms with E-state index in [2.05, 4.69) is 0 Å². The van der Waals surface area contributed by atoms with Crippen molar-refractivity contribution in [2.75, 3.05) is 11.5 Å². The van der Waals surface area contributed by atoms with E-state index < -0.39 is 23.0 Å². The molecule has 0 spiro atoms. The summed E-state index contributed by atoms with van der Waals surface area (Å²) in [5.74, 6) is -2.88. The predicted molar refractivity (Wildman–Crippen MR) is 65.6 cm³/mol. The standard InChI is InChI=1S/C12H8ClF3N2/c13-7-1-5(17)2-8(14)11(7)12-9(15)3-6(18)4-10(12)16/h1-4H,17-18H2. The van der Waals surface area contributed by atoms with Crippen LogP contribution in [0.15, 0.2) is 24.3 Å². The summed E-state index contributed by atoms with van der Waals surface area (Å²) in [6.45, 7) is 0. The highest BCUT2D eigenvalue weighted by Gasteiger charge is 2.19. The van der Waals surface area contributed by atoms with Crippen LogP contribution >= 0.6 is 11.6 Å². The van der Waals surface area contributed by atoms with Crippen molar-refractivity contribution in [2.24, 2.45) is 0 Å². The molecule has 2 aromatic carbocycles. The van der Waals surface area contributed by atoms with Gasteiger partial charge in [-0.05, 0) is 24.3 Å². The second-order valence-corrected chi connectivity index (χ2v) is 4.13. The summed E-state index contributed by atoms with van der Waals surface area (Å²) >= 11 is 5.77. The Morgan fingerprint density at radius 3 is 1.56 bits per heavy atom. The summed E-state index contributed by atoms with van der Waals surface area (Å²) in [4.78, 5) is 0. The molecule has 0 bridgehead atoms. The zero-order chi connectivity index (χ0) is 13.4. The van der Waals surface area contributed by atoms with E-state index in [1.807, 2.05) is 0 Å². The van der Waals surface area contributed by atoms with Gasteiger partial charge in [-0.25, -0.2) is 13.2 Å². The number of nitrogen functional groups attached to an aromatic ring is 2. The molecule has 0 aliphatic rings. The molecule has 0 amide bonds. The lowest BCUT2D eigenvalue weighted by Crippen LogP contribution is -1.98. The number of benzene rings is 2. The van der Waals surface area contributed by atoms with Crippen molar-refractivity contribution in [2.45, 2.75) is 0 Å². The molecule has 0 aromatic heterocycles. The molecular weight excluding hydrogens is 265 g/mol. The van der Waals surface area contributed by atoms with Gasteiger partial charge in [-0.1, -0.05) is 11.6 Å². The summed E-state index contributed by atoms with van der Waals surface area (Å²) in [5.41, 5.74) is 9.69. The van der Waals surface area contributed by atoms with Gasteiger partial charge in [0, 0.05) is 16.9 Å². The maximum Gasteiger partial charge on any atom is 0.136 e. The lowest BCUT2D eigenvalue weighted by molar-refractivity contribution is 0.583. The minimum absolute atomic E-state index is 0.0671. The lowest BCUT2D eigenvalue weighted by atomic mass is 10.0. The molecule has 2 aromatic rings. The fourth-order valence-corrected chi connectivity index (χ4v) is 1.97. The number of anilines is 2. The van der Waals surface area contributed by atoms with Crippen molar-refractivity contribution in [3.8, 4) is 11.1 Å². The van der Waals surface area contributed by atoms with Gasteiger partial charge in [0.2, 0.25) is 0 Å². The van der Waals surface area contributed by atoms with Crippen LogP contribution in [0.25, 0.3) is 11.1 Å². The van der Waals surface area contributed by atoms with Crippen molar-refractivity contribution < 1.29 is 13.2 Å². The minimum Gasteiger partial charge on any atom is -0.399 e. The van der Waals surface area contributed by atoms with E-state index in [0.29, 0.717) is 0 Å². The van der Waals surface area contributed by atoms with Crippen molar-refractivity contribution in [3.63, 3.8) is 0 Å². The van der Waals surface area contributed by atoms with Gasteiger partial charge < -0.3 is 11.5 Å². The largest absolute Gasteiger partial charge is 0.399 e. The van der Waals surface area contributed by atoms with E-state index in [1.54, 1.807) is 0 Å². The first-order chi connectivity index (χ1) is 8.40. The van der Waals surface area contributed by atoms with Gasteiger partial charge >= 0.3 is 0 Å². The Morgan fingerprint density at radius 2 is 1.11 bits per heavy atom. The number of hydrogen-bond acceptors (Lipinski definition) is 2. The van der Waals surface area contributed by atoms with Crippen molar-refractivity contribution in [3.05, 3.63) is 46.7 Å². The van der Waals surface area contributed by atoms with Crippen LogP contribution in [0.1, 0.15) is 0 Å². The SMILES string of the molecule is Nc1cc(F)c(-c2c(F)cc(N)cc2Cl)c(F)c1. The molecule has 2 nitrogen and oxygen atoms in total. The van der Waals surface area contributed by atoms with Gasteiger partial charge in [0.15, 0.2) is 0 Å². The summed E-state index contributed by atoms with van der Waals surface area (Å²) in [7, 11) is 0. The molecule has 0 aliphatic heterocycles. The van der Waals surface area contributed by atoms with Gasteiger partial charge in [-0.2, -0.15) is 0 Å². The van der Waals surface area contributed by atoms with Gasteiger partial charge in [0.1, 0.15) is 17.5 Å². The third-order valence-electron chi connectivity index (χ3n) is 2.38. The van der Waals surface area contributed by atoms with Gasteiger partial charge in [0.25, 0.3) is 0 Å². The first-order valence-electron chi connectivity index (χ1n) is 4.89. The van der Waals surface area contributed by atoms with Crippen molar-refractivity contribution in [1.82, 2.24) is 0 Å². The van der Waals surface area contributed by atoms with E-state index in [-0.39, 0.29) is 22.0 Å². The zero-order valence-corrected chi connectivity index (χ0v) is 9.73. The Labute approximate surface area is 106 Å². The molecule has 0 atom stereocenters. The molecule has 4 N–H and O–H groups in total. The fraction of sp³-hybridized carbons (Fsp3) is 0. The molecule has 0 fully saturated rings. The Hall–Kier alpha value is -1.88. The van der Waals surface area contributed by atoms with Crippen LogP contribution < -0.4 is 11.5 Å². The first-order valence-corrected chi connectivity index (χ1v) is 5.27. The summed E-state index contributed by atoms with van der Waals surface area (Å²) in [5, 5.41) is -0.171. The Kier molecular flexibility index (Phi) is 3.09. The maximum absolute atomic E-state index is 13.7. The van der Waals surface area contributed by atoms with E-state index >= 15 is 0 Å². The maximum atomic E-state index is 13.7. The Bertz CT molecular complexity index is 527. The summed E-state index contributed by atoms with van der Waals surface area (Å²) in [6, 6.07) is 3.95. The molecule has 0 saturated carbocycles. The van der Waals surface area contributed by atoms with Crippen LogP contribution in [-0.2, 0) is 0 Å². The first kappa shape index (κ1) is 12.6. The quantitative estimate of drug-likeness (QED) is 0.780. The highest BCUT2D eigenvalue weighted by Crippen LogP contribution is 2.36. The van der Waals surface area contributed by atoms with Crippen LogP contribution in [0.2, 0.25) is 5.02 Å². The highest BCUT2D eigenvalue weighted by atomic mass is 35.5. The smallest absolute Gasteiger partial charge is 0.136 e. The van der Waals surface area contributed by atoms with Crippen molar-refractivity contribution >= 4 is 23.0 Å². The van der Waals surface area contributed by atoms with E-state index in [9.17, 15) is 13.2 Å². The fourth-order valence-electron chi connectivity index (χ4n) is 1.66. The van der Waals surface area contributed by atoms with Crippen LogP contribution in [0, 0.1) is 17.5 Å². The molecule has 94 valence electrons. The molecule has 0 saturated heterocycles. The number of nitrogens with two attached hydrogens (primary N) is 2. The third-order valence-corrected chi connectivity index (χ3v) is 2.68. The lowest BCUT2D eigenvalue weighted by Gasteiger charge is -2.10. The molecule has 6 heteroatoms. The number of hydrogen-bond donors (Lipinski definition) is 2. The molecule has 0 unspecified atom stereocenters. The number of rotatable bonds is 1. The Balaban J connectivity index is 2.78. The molecule has 0 radical (unpaired) electrons. The monoisotopic (exact) mass is 272 g/mol. The van der Waals surface area contributed by atoms with Crippen molar-refractivity contribution in [1.29, 1.82) is 0 Å². The average Bonchev–Trinajstić information content (AvgIpc) is 2.20. The highest BCUT2D eigenvalue weighted by molar-refractivity contribution is 6.33. The van der Waals surface area contributed by atoms with Gasteiger partial charge in [-0.15, -0.1) is 0 Å². The summed E-state index contributed by atoms with van der Waals surface area (Å²) in [6.07, 6.45) is 0. The van der Waals surface area contributed by atoms with Crippen LogP contribution in [0.5, 0.6) is 0 Å². The molecule has 0 heterocycles. The average molecular weight is 273 g/mol. The van der Waals surface area contributed by atoms with E-state index in [1.165, 1.54) is 6.07 Å². The van der Waals surface area contributed by atoms with Crippen LogP contribution in [0.4, 0.5) is 24.5 Å². The molecular formula is C12H8ClF3N2. The normalized spacial score (nSPS) is 10.7. The molecule has 2 rings (SSSR count). The van der Waals surface area contributed by atoms with E-state index in [4.69, 9.17) is 23.1 Å². The van der Waals surface area contributed by atoms with E-state index in [0.717, 1.165) is 18.2 Å². The topological polar surface area (TPSA) is 52.0 Å². The Morgan fingerprint density at radius 1 is 0.722 bits per heavy atom. The third kappa shape index (κ3) is 2.09. The second-order valence-electron chi connectivity index (χ2n) is 3.72. The zero-order valence-electron chi connectivity index (χ0n) is 8.98. The molecule has 18 heavy (non-hydrogen) atoms. The predicted octanol–water partition coefficient (Wildman–Crippen LogP) is 3.59. The van der Waals surface area contributed by atoms with Crippen LogP contribution in [0.3, 0.4) is 0 Å². The number of halogens is 4. The van der Waals surface area contributed by atoms with Gasteiger partial charge in [0.05, 0.1) is 10.6 Å². The minimum atomic E-state index is -0.988. The van der Waals surface area contributed by atoms with Gasteiger partial charge in [-0.3, -0.25) is 0 Å². The second kappa shape index (κ2) is 4.42.